The van der Waals surface area contributed by atoms with Crippen molar-refractivity contribution in [3.8, 4) is 17.2 Å². The smallest absolute Gasteiger partial charge is 0.200 e. The number of ether oxygens (including phenoxy) is 2. The van der Waals surface area contributed by atoms with Gasteiger partial charge in [0.1, 0.15) is 0 Å². The highest BCUT2D eigenvalue weighted by Crippen LogP contribution is 2.36. The van der Waals surface area contributed by atoms with Crippen LogP contribution < -0.4 is 20.1 Å². The molecule has 0 amide bonds. The molecule has 1 aliphatic carbocycles. The van der Waals surface area contributed by atoms with Crippen LogP contribution in [0.3, 0.4) is 0 Å². The molecule has 1 saturated carbocycles. The minimum absolute atomic E-state index is 0. The van der Waals surface area contributed by atoms with Crippen LogP contribution in [-0.4, -0.2) is 38.4 Å². The largest absolute Gasteiger partial charge is 0.502 e. The van der Waals surface area contributed by atoms with Gasteiger partial charge in [-0.15, -0.1) is 24.0 Å². The summed E-state index contributed by atoms with van der Waals surface area (Å²) in [5.74, 6) is 1.60. The minimum atomic E-state index is 0. The van der Waals surface area contributed by atoms with Gasteiger partial charge in [0.05, 0.1) is 14.2 Å². The highest BCUT2D eigenvalue weighted by Gasteiger charge is 2.16. The van der Waals surface area contributed by atoms with E-state index < -0.39 is 0 Å². The Bertz CT molecular complexity index is 506. The lowest BCUT2D eigenvalue weighted by Gasteiger charge is -2.17. The maximum absolute atomic E-state index is 9.92. The number of aliphatic imine (C=N–C) groups is 1. The molecule has 0 unspecified atom stereocenters. The van der Waals surface area contributed by atoms with E-state index in [1.165, 1.54) is 39.9 Å². The number of aromatic hydroxyl groups is 1. The van der Waals surface area contributed by atoms with Gasteiger partial charge in [-0.05, 0) is 30.5 Å². The second kappa shape index (κ2) is 9.69. The lowest BCUT2D eigenvalue weighted by Crippen LogP contribution is -2.41. The Morgan fingerprint density at radius 2 is 1.78 bits per heavy atom. The van der Waals surface area contributed by atoms with Gasteiger partial charge in [0.15, 0.2) is 17.5 Å². The number of benzene rings is 1. The summed E-state index contributed by atoms with van der Waals surface area (Å²) >= 11 is 0. The van der Waals surface area contributed by atoms with Crippen LogP contribution in [0.25, 0.3) is 0 Å². The molecule has 6 nitrogen and oxygen atoms in total. The summed E-state index contributed by atoms with van der Waals surface area (Å²) in [7, 11) is 4.81. The number of halogens is 1. The lowest BCUT2D eigenvalue weighted by molar-refractivity contribution is 0.339. The Kier molecular flexibility index (Phi) is 8.29. The van der Waals surface area contributed by atoms with Crippen LogP contribution >= 0.6 is 24.0 Å². The third-order valence-electron chi connectivity index (χ3n) is 3.92. The number of phenols is 1. The molecule has 130 valence electrons. The quantitative estimate of drug-likeness (QED) is 0.377. The van der Waals surface area contributed by atoms with E-state index in [2.05, 4.69) is 15.6 Å². The molecule has 0 aliphatic heterocycles. The number of methoxy groups -OCH3 is 2. The topological polar surface area (TPSA) is 75.1 Å². The number of hydrogen-bond donors (Lipinski definition) is 3. The monoisotopic (exact) mass is 435 g/mol. The van der Waals surface area contributed by atoms with Crippen molar-refractivity contribution in [2.75, 3.05) is 21.3 Å². The molecule has 0 radical (unpaired) electrons. The van der Waals surface area contributed by atoms with E-state index in [0.29, 0.717) is 24.1 Å². The zero-order valence-corrected chi connectivity index (χ0v) is 16.2. The molecule has 0 saturated heterocycles. The van der Waals surface area contributed by atoms with Crippen molar-refractivity contribution in [1.82, 2.24) is 10.6 Å². The molecule has 3 N–H and O–H groups in total. The van der Waals surface area contributed by atoms with Crippen LogP contribution in [0.4, 0.5) is 0 Å². The SMILES string of the molecule is CN=C(NCc1cc(OC)c(O)c(OC)c1)NC1CCCC1.I. The first-order valence-electron chi connectivity index (χ1n) is 7.59. The van der Waals surface area contributed by atoms with Gasteiger partial charge < -0.3 is 25.2 Å². The normalized spacial score (nSPS) is 15.0. The molecule has 0 spiro atoms. The van der Waals surface area contributed by atoms with Gasteiger partial charge in [-0.2, -0.15) is 0 Å². The number of guanidine groups is 1. The number of rotatable bonds is 5. The van der Waals surface area contributed by atoms with Crippen molar-refractivity contribution in [1.29, 1.82) is 0 Å². The molecule has 0 bridgehead atoms. The maximum Gasteiger partial charge on any atom is 0.200 e. The highest BCUT2D eigenvalue weighted by atomic mass is 127. The second-order valence-electron chi connectivity index (χ2n) is 5.40. The fraction of sp³-hybridized carbons (Fsp3) is 0.562. The third kappa shape index (κ3) is 5.33. The van der Waals surface area contributed by atoms with E-state index in [9.17, 15) is 5.11 Å². The van der Waals surface area contributed by atoms with Gasteiger partial charge in [-0.1, -0.05) is 12.8 Å². The Hall–Kier alpha value is -1.38. The van der Waals surface area contributed by atoms with Gasteiger partial charge in [0.25, 0.3) is 0 Å². The van der Waals surface area contributed by atoms with Crippen LogP contribution in [0, 0.1) is 0 Å². The molecule has 0 aromatic heterocycles. The summed E-state index contributed by atoms with van der Waals surface area (Å²) in [6.07, 6.45) is 4.95. The van der Waals surface area contributed by atoms with Crippen LogP contribution in [-0.2, 0) is 6.54 Å². The van der Waals surface area contributed by atoms with Crippen molar-refractivity contribution < 1.29 is 14.6 Å². The molecule has 2 rings (SSSR count). The Morgan fingerprint density at radius 3 is 2.26 bits per heavy atom. The van der Waals surface area contributed by atoms with Gasteiger partial charge in [0.2, 0.25) is 5.75 Å². The third-order valence-corrected chi connectivity index (χ3v) is 3.92. The van der Waals surface area contributed by atoms with Crippen LogP contribution in [0.1, 0.15) is 31.2 Å². The van der Waals surface area contributed by atoms with Crippen molar-refractivity contribution in [3.63, 3.8) is 0 Å². The average molecular weight is 435 g/mol. The Morgan fingerprint density at radius 1 is 1.22 bits per heavy atom. The molecular weight excluding hydrogens is 409 g/mol. The summed E-state index contributed by atoms with van der Waals surface area (Å²) in [5, 5.41) is 16.6. The van der Waals surface area contributed by atoms with Crippen molar-refractivity contribution in [3.05, 3.63) is 17.7 Å². The zero-order chi connectivity index (χ0) is 15.9. The molecule has 0 atom stereocenters. The fourth-order valence-corrected chi connectivity index (χ4v) is 2.69. The summed E-state index contributed by atoms with van der Waals surface area (Å²) in [5.41, 5.74) is 0.945. The van der Waals surface area contributed by atoms with Gasteiger partial charge >= 0.3 is 0 Å². The van der Waals surface area contributed by atoms with E-state index in [1.54, 1.807) is 19.2 Å². The van der Waals surface area contributed by atoms with Gasteiger partial charge in [-0.3, -0.25) is 4.99 Å². The molecule has 23 heavy (non-hydrogen) atoms. The molecule has 1 aromatic rings. The zero-order valence-electron chi connectivity index (χ0n) is 13.9. The molecule has 1 fully saturated rings. The van der Waals surface area contributed by atoms with Gasteiger partial charge in [0, 0.05) is 19.6 Å². The predicted octanol–water partition coefficient (Wildman–Crippen LogP) is 2.64. The number of nitrogens with zero attached hydrogens (tertiary/aromatic N) is 1. The van der Waals surface area contributed by atoms with Crippen LogP contribution in [0.5, 0.6) is 17.2 Å². The average Bonchev–Trinajstić information content (AvgIpc) is 3.05. The standard InChI is InChI=1S/C16H25N3O3.HI/c1-17-16(19-12-6-4-5-7-12)18-10-11-8-13(21-2)15(20)14(9-11)22-3;/h8-9,12,20H,4-7,10H2,1-3H3,(H2,17,18,19);1H. The number of phenolic OH excluding ortho intramolecular Hbond substituents is 1. The van der Waals surface area contributed by atoms with Crippen molar-refractivity contribution in [2.24, 2.45) is 4.99 Å². The van der Waals surface area contributed by atoms with E-state index in [-0.39, 0.29) is 29.7 Å². The number of nitrogens with one attached hydrogen (secondary N) is 2. The van der Waals surface area contributed by atoms with E-state index in [1.807, 2.05) is 0 Å². The Labute approximate surface area is 154 Å². The maximum atomic E-state index is 9.92. The first-order chi connectivity index (χ1) is 10.7. The predicted molar refractivity (Wildman–Crippen MR) is 102 cm³/mol. The van der Waals surface area contributed by atoms with Crippen LogP contribution in [0.15, 0.2) is 17.1 Å². The van der Waals surface area contributed by atoms with Crippen molar-refractivity contribution in [2.45, 2.75) is 38.3 Å². The van der Waals surface area contributed by atoms with E-state index in [0.717, 1.165) is 11.5 Å². The van der Waals surface area contributed by atoms with E-state index in [4.69, 9.17) is 9.47 Å². The molecule has 7 heteroatoms. The van der Waals surface area contributed by atoms with Crippen LogP contribution in [0.2, 0.25) is 0 Å². The van der Waals surface area contributed by atoms with E-state index >= 15 is 0 Å². The Balaban J connectivity index is 0.00000264. The lowest BCUT2D eigenvalue weighted by atomic mass is 10.2. The molecular formula is C16H26IN3O3. The van der Waals surface area contributed by atoms with Gasteiger partial charge in [-0.25, -0.2) is 0 Å². The molecule has 1 aromatic carbocycles. The number of hydrogen-bond acceptors (Lipinski definition) is 4. The summed E-state index contributed by atoms with van der Waals surface area (Å²) in [6.45, 7) is 0.569. The first kappa shape index (κ1) is 19.7. The summed E-state index contributed by atoms with van der Waals surface area (Å²) in [4.78, 5) is 4.25. The molecule has 0 heterocycles. The summed E-state index contributed by atoms with van der Waals surface area (Å²) < 4.78 is 10.3. The van der Waals surface area contributed by atoms with Crippen molar-refractivity contribution >= 4 is 29.9 Å². The molecule has 1 aliphatic rings. The summed E-state index contributed by atoms with van der Waals surface area (Å²) in [6, 6.07) is 4.08. The second-order valence-corrected chi connectivity index (χ2v) is 5.40. The minimum Gasteiger partial charge on any atom is -0.502 e. The first-order valence-corrected chi connectivity index (χ1v) is 7.59. The fourth-order valence-electron chi connectivity index (χ4n) is 2.69. The highest BCUT2D eigenvalue weighted by molar-refractivity contribution is 14.0.